The SMILES string of the molecule is COc1cccc(C(F)(F)F)c1C1CN(c2ccc3c(c2)N(S(=O)(=O)c2cccc(C(F)(F)F)c2)CC2(CN(CC(C)(C)C(=O)O)C2)O3)C1. The van der Waals surface area contributed by atoms with Crippen LogP contribution in [0.25, 0.3) is 0 Å². The Morgan fingerprint density at radius 1 is 0.959 bits per heavy atom. The third-order valence-electron chi connectivity index (χ3n) is 9.19. The molecule has 0 aliphatic carbocycles. The van der Waals surface area contributed by atoms with E-state index < -0.39 is 61.3 Å². The number of ether oxygens (including phenoxy) is 2. The zero-order chi connectivity index (χ0) is 35.7. The van der Waals surface area contributed by atoms with Crippen LogP contribution < -0.4 is 18.7 Å². The third-order valence-corrected chi connectivity index (χ3v) is 10.9. The Balaban J connectivity index is 1.33. The maximum Gasteiger partial charge on any atom is 0.416 e. The van der Waals surface area contributed by atoms with Crippen molar-refractivity contribution in [3.8, 4) is 11.5 Å². The number of carboxylic acid groups (broad SMARTS) is 1. The standard InChI is InChI=1S/C33H33F6N3O6S/c1-30(2,29(43)44)16-40-17-31(18-40)19-42(49(45,46)23-7-4-6-21(12-23)32(34,35)36)25-13-22(10-11-26(25)48-31)41-14-20(15-41)28-24(33(37,38)39)8-5-9-27(28)47-3/h4-13,20H,14-19H2,1-3H3,(H,43,44). The smallest absolute Gasteiger partial charge is 0.416 e. The second-order valence-corrected chi connectivity index (χ2v) is 15.2. The molecule has 3 aromatic rings. The minimum atomic E-state index is -4.80. The minimum Gasteiger partial charge on any atom is -0.496 e. The van der Waals surface area contributed by atoms with Crippen molar-refractivity contribution in [2.75, 3.05) is 55.6 Å². The van der Waals surface area contributed by atoms with E-state index in [1.807, 2.05) is 0 Å². The summed E-state index contributed by atoms with van der Waals surface area (Å²) < 4.78 is 123. The predicted octanol–water partition coefficient (Wildman–Crippen LogP) is 6.09. The normalized spacial score (nSPS) is 18.4. The number of fused-ring (bicyclic) bond motifs is 1. The van der Waals surface area contributed by atoms with Gasteiger partial charge in [0.2, 0.25) is 0 Å². The first-order valence-electron chi connectivity index (χ1n) is 15.2. The predicted molar refractivity (Wildman–Crippen MR) is 167 cm³/mol. The molecule has 2 saturated heterocycles. The van der Waals surface area contributed by atoms with Crippen LogP contribution >= 0.6 is 0 Å². The van der Waals surface area contributed by atoms with Crippen molar-refractivity contribution in [3.63, 3.8) is 0 Å². The summed E-state index contributed by atoms with van der Waals surface area (Å²) in [7, 11) is -3.32. The van der Waals surface area contributed by atoms with E-state index in [1.54, 1.807) is 29.7 Å². The van der Waals surface area contributed by atoms with Crippen LogP contribution in [-0.2, 0) is 27.2 Å². The molecule has 3 aromatic carbocycles. The summed E-state index contributed by atoms with van der Waals surface area (Å²) in [5, 5.41) is 9.56. The summed E-state index contributed by atoms with van der Waals surface area (Å²) in [5.41, 5.74) is -3.62. The van der Waals surface area contributed by atoms with E-state index >= 15 is 0 Å². The highest BCUT2D eigenvalue weighted by atomic mass is 32.2. The highest BCUT2D eigenvalue weighted by Gasteiger charge is 2.53. The largest absolute Gasteiger partial charge is 0.496 e. The molecule has 2 fully saturated rings. The fourth-order valence-electron chi connectivity index (χ4n) is 6.70. The van der Waals surface area contributed by atoms with Gasteiger partial charge < -0.3 is 19.5 Å². The van der Waals surface area contributed by atoms with Crippen LogP contribution in [0.1, 0.15) is 36.5 Å². The highest BCUT2D eigenvalue weighted by molar-refractivity contribution is 7.92. The van der Waals surface area contributed by atoms with Gasteiger partial charge in [-0.25, -0.2) is 8.42 Å². The zero-order valence-electron chi connectivity index (χ0n) is 26.6. The second kappa shape index (κ2) is 11.7. The van der Waals surface area contributed by atoms with Crippen molar-refractivity contribution in [1.82, 2.24) is 4.90 Å². The van der Waals surface area contributed by atoms with Gasteiger partial charge >= 0.3 is 18.3 Å². The van der Waals surface area contributed by atoms with Gasteiger partial charge in [0.15, 0.2) is 5.60 Å². The van der Waals surface area contributed by atoms with Gasteiger partial charge in [-0.3, -0.25) is 14.0 Å². The molecule has 6 rings (SSSR count). The molecule has 3 aliphatic heterocycles. The highest BCUT2D eigenvalue weighted by Crippen LogP contribution is 2.48. The molecular weight excluding hydrogens is 680 g/mol. The number of rotatable bonds is 8. The van der Waals surface area contributed by atoms with Crippen LogP contribution in [-0.4, -0.2) is 76.4 Å². The van der Waals surface area contributed by atoms with E-state index in [4.69, 9.17) is 9.47 Å². The van der Waals surface area contributed by atoms with Crippen molar-refractivity contribution in [2.45, 2.75) is 42.6 Å². The van der Waals surface area contributed by atoms with Crippen molar-refractivity contribution < 1.29 is 54.1 Å². The molecule has 0 radical (unpaired) electrons. The van der Waals surface area contributed by atoms with Crippen molar-refractivity contribution in [2.24, 2.45) is 5.41 Å². The van der Waals surface area contributed by atoms with E-state index in [-0.39, 0.29) is 62.0 Å². The molecule has 0 bridgehead atoms. The Hall–Kier alpha value is -4.18. The Morgan fingerprint density at radius 3 is 2.24 bits per heavy atom. The number of benzene rings is 3. The van der Waals surface area contributed by atoms with E-state index in [0.29, 0.717) is 11.8 Å². The lowest BCUT2D eigenvalue weighted by Crippen LogP contribution is -2.72. The van der Waals surface area contributed by atoms with Gasteiger partial charge in [-0.15, -0.1) is 0 Å². The molecule has 16 heteroatoms. The number of aliphatic carboxylic acids is 1. The van der Waals surface area contributed by atoms with Crippen LogP contribution in [0.2, 0.25) is 0 Å². The first-order chi connectivity index (χ1) is 22.7. The van der Waals surface area contributed by atoms with E-state index in [9.17, 15) is 44.7 Å². The van der Waals surface area contributed by atoms with Gasteiger partial charge in [0, 0.05) is 49.9 Å². The number of sulfonamides is 1. The number of methoxy groups -OCH3 is 1. The Morgan fingerprint density at radius 2 is 1.63 bits per heavy atom. The summed E-state index contributed by atoms with van der Waals surface area (Å²) in [6, 6.07) is 11.8. The number of anilines is 2. The minimum absolute atomic E-state index is 0.0198. The molecule has 0 unspecified atom stereocenters. The van der Waals surface area contributed by atoms with Crippen LogP contribution in [0.3, 0.4) is 0 Å². The lowest BCUT2D eigenvalue weighted by atomic mass is 9.86. The maximum absolute atomic E-state index is 14.1. The average Bonchev–Trinajstić information content (AvgIpc) is 2.98. The van der Waals surface area contributed by atoms with Crippen LogP contribution in [0.4, 0.5) is 37.7 Å². The molecule has 1 N–H and O–H groups in total. The first kappa shape index (κ1) is 34.7. The van der Waals surface area contributed by atoms with E-state index in [1.165, 1.54) is 31.4 Å². The fraction of sp³-hybridized carbons (Fsp3) is 0.424. The van der Waals surface area contributed by atoms with Gasteiger partial charge in [0.05, 0.1) is 40.8 Å². The molecule has 0 amide bonds. The quantitative estimate of drug-likeness (QED) is 0.280. The number of likely N-dealkylation sites (tertiary alicyclic amines) is 1. The molecule has 3 aliphatic rings. The van der Waals surface area contributed by atoms with Crippen molar-refractivity contribution >= 4 is 27.4 Å². The monoisotopic (exact) mass is 713 g/mol. The first-order valence-corrected chi connectivity index (χ1v) is 16.7. The zero-order valence-corrected chi connectivity index (χ0v) is 27.4. The van der Waals surface area contributed by atoms with Crippen LogP contribution in [0.5, 0.6) is 11.5 Å². The number of hydrogen-bond acceptors (Lipinski definition) is 7. The molecule has 1 spiro atoms. The van der Waals surface area contributed by atoms with Gasteiger partial charge in [-0.05, 0) is 62.4 Å². The number of hydrogen-bond donors (Lipinski definition) is 1. The summed E-state index contributed by atoms with van der Waals surface area (Å²) in [6.07, 6.45) is -9.40. The molecule has 3 heterocycles. The lowest BCUT2D eigenvalue weighted by molar-refractivity contribution is -0.152. The molecule has 264 valence electrons. The lowest BCUT2D eigenvalue weighted by Gasteiger charge is -2.55. The van der Waals surface area contributed by atoms with Gasteiger partial charge in [0.25, 0.3) is 10.0 Å². The average molecular weight is 714 g/mol. The molecule has 0 atom stereocenters. The van der Waals surface area contributed by atoms with Crippen molar-refractivity contribution in [3.05, 3.63) is 77.4 Å². The second-order valence-electron chi connectivity index (χ2n) is 13.3. The maximum atomic E-state index is 14.1. The molecular formula is C33H33F6N3O6S. The number of nitrogens with zero attached hydrogens (tertiary/aromatic N) is 3. The molecule has 9 nitrogen and oxygen atoms in total. The third kappa shape index (κ3) is 6.35. The Bertz CT molecular complexity index is 1890. The van der Waals surface area contributed by atoms with Gasteiger partial charge in [0.1, 0.15) is 11.5 Å². The van der Waals surface area contributed by atoms with Crippen molar-refractivity contribution in [1.29, 1.82) is 0 Å². The number of halogens is 6. The summed E-state index contributed by atoms with van der Waals surface area (Å²) in [4.78, 5) is 14.7. The fourth-order valence-corrected chi connectivity index (χ4v) is 8.29. The summed E-state index contributed by atoms with van der Waals surface area (Å²) in [5.74, 6) is -1.32. The van der Waals surface area contributed by atoms with Gasteiger partial charge in [-0.1, -0.05) is 12.1 Å². The topological polar surface area (TPSA) is 99.6 Å². The molecule has 0 aromatic heterocycles. The van der Waals surface area contributed by atoms with E-state index in [0.717, 1.165) is 28.6 Å². The Kier molecular flexibility index (Phi) is 8.29. The van der Waals surface area contributed by atoms with Crippen LogP contribution in [0, 0.1) is 5.41 Å². The van der Waals surface area contributed by atoms with E-state index in [2.05, 4.69) is 0 Å². The van der Waals surface area contributed by atoms with Crippen LogP contribution in [0.15, 0.2) is 65.6 Å². The number of carboxylic acids is 1. The molecule has 0 saturated carbocycles. The Labute approximate surface area is 278 Å². The summed E-state index contributed by atoms with van der Waals surface area (Å²) >= 11 is 0. The number of alkyl halides is 6. The summed E-state index contributed by atoms with van der Waals surface area (Å²) in [6.45, 7) is 3.62. The molecule has 49 heavy (non-hydrogen) atoms. The van der Waals surface area contributed by atoms with Gasteiger partial charge in [-0.2, -0.15) is 26.3 Å². The number of carbonyl (C=O) groups is 1.